The summed E-state index contributed by atoms with van der Waals surface area (Å²) >= 11 is 0. The first-order valence-electron chi connectivity index (χ1n) is 2.95. The van der Waals surface area contributed by atoms with Crippen molar-refractivity contribution in [2.24, 2.45) is 5.16 Å². The second-order valence-electron chi connectivity index (χ2n) is 1.93. The molecule has 2 nitrogen and oxygen atoms in total. The highest BCUT2D eigenvalue weighted by Crippen LogP contribution is 2.07. The van der Waals surface area contributed by atoms with Gasteiger partial charge in [-0.25, -0.2) is 0 Å². The summed E-state index contributed by atoms with van der Waals surface area (Å²) in [4.78, 5) is 0. The summed E-state index contributed by atoms with van der Waals surface area (Å²) in [6.07, 6.45) is 9.53. The van der Waals surface area contributed by atoms with E-state index < -0.39 is 0 Å². The molecule has 48 valence electrons. The van der Waals surface area contributed by atoms with E-state index in [2.05, 4.69) is 17.3 Å². The van der Waals surface area contributed by atoms with Crippen molar-refractivity contribution < 1.29 is 5.21 Å². The molecule has 0 saturated heterocycles. The first kappa shape index (κ1) is 6.08. The van der Waals surface area contributed by atoms with E-state index in [4.69, 9.17) is 5.21 Å². The molecule has 0 amide bonds. The number of allylic oxidation sites excluding steroid dienone is 4. The van der Waals surface area contributed by atoms with Gasteiger partial charge < -0.3 is 5.21 Å². The molecule has 0 bridgehead atoms. The van der Waals surface area contributed by atoms with Crippen molar-refractivity contribution in [3.8, 4) is 0 Å². The predicted molar refractivity (Wildman–Crippen MR) is 36.7 cm³/mol. The Balaban J connectivity index is 2.50. The van der Waals surface area contributed by atoms with Crippen LogP contribution in [0, 0.1) is 0 Å². The minimum absolute atomic E-state index is 0.893. The highest BCUT2D eigenvalue weighted by molar-refractivity contribution is 5.78. The van der Waals surface area contributed by atoms with E-state index in [-0.39, 0.29) is 0 Å². The zero-order valence-electron chi connectivity index (χ0n) is 5.12. The van der Waals surface area contributed by atoms with E-state index in [0.29, 0.717) is 0 Å². The molecule has 1 aliphatic rings. The summed E-state index contributed by atoms with van der Waals surface area (Å²) < 4.78 is 0. The summed E-state index contributed by atoms with van der Waals surface area (Å²) in [7, 11) is 0. The predicted octanol–water partition coefficient (Wildman–Crippen LogP) is 1.72. The molecule has 0 saturated carbocycles. The molecule has 0 aromatic rings. The molecule has 0 fully saturated rings. The Morgan fingerprint density at radius 2 is 2.44 bits per heavy atom. The smallest absolute Gasteiger partial charge is 0.0693 e. The molecular weight excluding hydrogens is 114 g/mol. The maximum atomic E-state index is 8.12. The molecule has 1 N–H and O–H groups in total. The Hall–Kier alpha value is -1.05. The van der Waals surface area contributed by atoms with Crippen LogP contribution in [0.5, 0.6) is 0 Å². The summed E-state index contributed by atoms with van der Waals surface area (Å²) in [5.74, 6) is 0. The number of nitrogens with zero attached hydrogens (tertiary/aromatic N) is 1. The molecule has 1 aliphatic carbocycles. The molecule has 0 atom stereocenters. The molecule has 0 aromatic carbocycles. The van der Waals surface area contributed by atoms with Crippen LogP contribution in [0.1, 0.15) is 12.8 Å². The van der Waals surface area contributed by atoms with Crippen molar-refractivity contribution in [3.05, 3.63) is 23.8 Å². The lowest BCUT2D eigenvalue weighted by molar-refractivity contribution is 0.321. The molecular formula is C7H9NO. The Morgan fingerprint density at radius 1 is 1.56 bits per heavy atom. The van der Waals surface area contributed by atoms with Gasteiger partial charge in [-0.3, -0.25) is 0 Å². The van der Waals surface area contributed by atoms with Gasteiger partial charge in [-0.05, 0) is 18.4 Å². The Labute approximate surface area is 54.2 Å². The molecule has 0 unspecified atom stereocenters. The van der Waals surface area contributed by atoms with Gasteiger partial charge in [0.2, 0.25) is 0 Å². The maximum Gasteiger partial charge on any atom is 0.0693 e. The standard InChI is InChI=1S/C7H9NO/c9-8-6-7-4-2-1-3-5-7/h1-2,5-6,9H,3-4H2/b8-6+. The van der Waals surface area contributed by atoms with E-state index >= 15 is 0 Å². The van der Waals surface area contributed by atoms with Gasteiger partial charge >= 0.3 is 0 Å². The highest BCUT2D eigenvalue weighted by atomic mass is 16.4. The molecule has 1 rings (SSSR count). The maximum absolute atomic E-state index is 8.12. The zero-order valence-corrected chi connectivity index (χ0v) is 5.12. The van der Waals surface area contributed by atoms with Gasteiger partial charge in [0.25, 0.3) is 0 Å². The first-order chi connectivity index (χ1) is 4.43. The molecule has 9 heavy (non-hydrogen) atoms. The number of rotatable bonds is 1. The number of oxime groups is 1. The van der Waals surface area contributed by atoms with E-state index in [9.17, 15) is 0 Å². The second-order valence-corrected chi connectivity index (χ2v) is 1.93. The molecule has 0 aliphatic heterocycles. The highest BCUT2D eigenvalue weighted by Gasteiger charge is 1.92. The molecule has 0 aromatic heterocycles. The van der Waals surface area contributed by atoms with Crippen molar-refractivity contribution in [2.45, 2.75) is 12.8 Å². The molecule has 0 radical (unpaired) electrons. The average Bonchev–Trinajstić information content (AvgIpc) is 1.91. The third-order valence-corrected chi connectivity index (χ3v) is 1.26. The van der Waals surface area contributed by atoms with Crippen LogP contribution in [0.25, 0.3) is 0 Å². The topological polar surface area (TPSA) is 32.6 Å². The zero-order chi connectivity index (χ0) is 6.53. The van der Waals surface area contributed by atoms with Gasteiger partial charge in [0.15, 0.2) is 0 Å². The summed E-state index contributed by atoms with van der Waals surface area (Å²) in [5.41, 5.74) is 1.08. The van der Waals surface area contributed by atoms with E-state index in [1.807, 2.05) is 6.08 Å². The van der Waals surface area contributed by atoms with Crippen molar-refractivity contribution in [1.82, 2.24) is 0 Å². The molecule has 0 heterocycles. The van der Waals surface area contributed by atoms with Gasteiger partial charge in [-0.2, -0.15) is 0 Å². The van der Waals surface area contributed by atoms with Gasteiger partial charge in [0, 0.05) is 0 Å². The van der Waals surface area contributed by atoms with E-state index in [0.717, 1.165) is 18.4 Å². The largest absolute Gasteiger partial charge is 0.411 e. The summed E-state index contributed by atoms with van der Waals surface area (Å²) in [6.45, 7) is 0. The van der Waals surface area contributed by atoms with Crippen LogP contribution in [0.3, 0.4) is 0 Å². The lowest BCUT2D eigenvalue weighted by Gasteiger charge is -1.98. The lowest BCUT2D eigenvalue weighted by Crippen LogP contribution is -1.86. The van der Waals surface area contributed by atoms with Crippen molar-refractivity contribution in [2.75, 3.05) is 0 Å². The Morgan fingerprint density at radius 3 is 3.00 bits per heavy atom. The van der Waals surface area contributed by atoms with Crippen molar-refractivity contribution in [1.29, 1.82) is 0 Å². The number of hydrogen-bond acceptors (Lipinski definition) is 2. The number of hydrogen-bond donors (Lipinski definition) is 1. The third-order valence-electron chi connectivity index (χ3n) is 1.26. The fourth-order valence-electron chi connectivity index (χ4n) is 0.798. The summed E-state index contributed by atoms with van der Waals surface area (Å²) in [6, 6.07) is 0. The van der Waals surface area contributed by atoms with Gasteiger partial charge in [0.05, 0.1) is 6.21 Å². The lowest BCUT2D eigenvalue weighted by atomic mass is 10.1. The van der Waals surface area contributed by atoms with E-state index in [1.165, 1.54) is 6.21 Å². The van der Waals surface area contributed by atoms with Crippen LogP contribution in [0.15, 0.2) is 29.0 Å². The quantitative estimate of drug-likeness (QED) is 0.245. The van der Waals surface area contributed by atoms with Gasteiger partial charge in [0.1, 0.15) is 0 Å². The SMILES string of the molecule is O/N=C/C1=CCC=CC1. The van der Waals surface area contributed by atoms with Crippen LogP contribution in [0.4, 0.5) is 0 Å². The molecule has 2 heteroatoms. The van der Waals surface area contributed by atoms with Crippen LogP contribution in [0.2, 0.25) is 0 Å². The van der Waals surface area contributed by atoms with E-state index in [1.54, 1.807) is 0 Å². The normalized spacial score (nSPS) is 18.4. The van der Waals surface area contributed by atoms with Crippen LogP contribution in [-0.2, 0) is 0 Å². The van der Waals surface area contributed by atoms with Crippen molar-refractivity contribution >= 4 is 6.21 Å². The molecule has 0 spiro atoms. The summed E-state index contributed by atoms with van der Waals surface area (Å²) in [5, 5.41) is 11.1. The fourth-order valence-corrected chi connectivity index (χ4v) is 0.798. The van der Waals surface area contributed by atoms with Crippen molar-refractivity contribution in [3.63, 3.8) is 0 Å². The van der Waals surface area contributed by atoms with Gasteiger partial charge in [-0.15, -0.1) is 0 Å². The third kappa shape index (κ3) is 1.72. The first-order valence-corrected chi connectivity index (χ1v) is 2.95. The monoisotopic (exact) mass is 123 g/mol. The fraction of sp³-hybridized carbons (Fsp3) is 0.286. The van der Waals surface area contributed by atoms with Crippen LogP contribution in [-0.4, -0.2) is 11.4 Å². The van der Waals surface area contributed by atoms with Crippen LogP contribution >= 0.6 is 0 Å². The van der Waals surface area contributed by atoms with Crippen LogP contribution < -0.4 is 0 Å². The average molecular weight is 123 g/mol. The minimum Gasteiger partial charge on any atom is -0.411 e. The Bertz CT molecular complexity index is 168. The van der Waals surface area contributed by atoms with Gasteiger partial charge in [-0.1, -0.05) is 23.4 Å². The Kier molecular flexibility index (Phi) is 2.07. The minimum atomic E-state index is 0.893. The second kappa shape index (κ2) is 3.07.